The molecule has 0 amide bonds. The quantitative estimate of drug-likeness (QED) is 0.879. The minimum Gasteiger partial charge on any atom is -0.352 e. The summed E-state index contributed by atoms with van der Waals surface area (Å²) in [7, 11) is 0. The zero-order valence-corrected chi connectivity index (χ0v) is 11.1. The van der Waals surface area contributed by atoms with Crippen molar-refractivity contribution in [1.82, 2.24) is 15.5 Å². The van der Waals surface area contributed by atoms with E-state index < -0.39 is 0 Å². The van der Waals surface area contributed by atoms with Gasteiger partial charge in [-0.2, -0.15) is 5.10 Å². The van der Waals surface area contributed by atoms with E-state index in [2.05, 4.69) is 32.5 Å². The molecule has 2 aliphatic rings. The Morgan fingerprint density at radius 2 is 2.17 bits per heavy atom. The van der Waals surface area contributed by atoms with E-state index in [9.17, 15) is 0 Å². The molecule has 1 atom stereocenters. The third-order valence-electron chi connectivity index (χ3n) is 3.92. The van der Waals surface area contributed by atoms with Crippen LogP contribution < -0.4 is 10.2 Å². The van der Waals surface area contributed by atoms with Gasteiger partial charge in [0.1, 0.15) is 0 Å². The number of rotatable bonds is 4. The van der Waals surface area contributed by atoms with Gasteiger partial charge in [0.15, 0.2) is 5.82 Å². The average Bonchev–Trinajstić information content (AvgIpc) is 3.23. The Kier molecular flexibility index (Phi) is 3.46. The van der Waals surface area contributed by atoms with Gasteiger partial charge in [0.05, 0.1) is 5.69 Å². The number of nitrogens with zero attached hydrogens (tertiary/aromatic N) is 3. The maximum absolute atomic E-state index is 4.36. The Balaban J connectivity index is 1.69. The molecule has 1 unspecified atom stereocenters. The second-order valence-corrected chi connectivity index (χ2v) is 5.63. The molecule has 18 heavy (non-hydrogen) atoms. The molecule has 1 N–H and O–H groups in total. The number of nitrogens with one attached hydrogen (secondary N) is 1. The number of hydrogen-bond donors (Lipinski definition) is 1. The molecule has 4 nitrogen and oxygen atoms in total. The molecule has 0 spiro atoms. The summed E-state index contributed by atoms with van der Waals surface area (Å²) in [6.07, 6.45) is 5.28. The SMILES string of the molecule is Cc1ccc(N(CC2CCCNC2)C2CC2)nn1. The Labute approximate surface area is 109 Å². The third-order valence-corrected chi connectivity index (χ3v) is 3.92. The van der Waals surface area contributed by atoms with Crippen molar-refractivity contribution in [3.8, 4) is 0 Å². The highest BCUT2D eigenvalue weighted by Crippen LogP contribution is 2.31. The number of piperidine rings is 1. The highest BCUT2D eigenvalue weighted by Gasteiger charge is 2.32. The molecule has 1 aromatic heterocycles. The van der Waals surface area contributed by atoms with Gasteiger partial charge in [-0.3, -0.25) is 0 Å². The number of aryl methyl sites for hydroxylation is 1. The molecule has 2 fully saturated rings. The average molecular weight is 246 g/mol. The molecule has 1 saturated carbocycles. The van der Waals surface area contributed by atoms with Crippen LogP contribution in [-0.2, 0) is 0 Å². The molecule has 3 rings (SSSR count). The van der Waals surface area contributed by atoms with Gasteiger partial charge in [-0.25, -0.2) is 0 Å². The van der Waals surface area contributed by atoms with Crippen LogP contribution in [0.1, 0.15) is 31.4 Å². The van der Waals surface area contributed by atoms with Crippen molar-refractivity contribution in [3.05, 3.63) is 17.8 Å². The van der Waals surface area contributed by atoms with E-state index in [4.69, 9.17) is 0 Å². The highest BCUT2D eigenvalue weighted by molar-refractivity contribution is 5.40. The van der Waals surface area contributed by atoms with Crippen molar-refractivity contribution in [2.24, 2.45) is 5.92 Å². The van der Waals surface area contributed by atoms with E-state index in [1.54, 1.807) is 0 Å². The molecule has 0 aromatic carbocycles. The predicted octanol–water partition coefficient (Wildman–Crippen LogP) is 1.75. The first kappa shape index (κ1) is 11.9. The molecule has 1 aliphatic carbocycles. The fourth-order valence-electron chi connectivity index (χ4n) is 2.72. The van der Waals surface area contributed by atoms with Crippen molar-refractivity contribution in [2.45, 2.75) is 38.6 Å². The van der Waals surface area contributed by atoms with Crippen molar-refractivity contribution in [1.29, 1.82) is 0 Å². The van der Waals surface area contributed by atoms with Gasteiger partial charge in [-0.15, -0.1) is 5.10 Å². The molecule has 2 heterocycles. The lowest BCUT2D eigenvalue weighted by molar-refractivity contribution is 0.375. The van der Waals surface area contributed by atoms with E-state index in [-0.39, 0.29) is 0 Å². The lowest BCUT2D eigenvalue weighted by Gasteiger charge is -2.30. The second kappa shape index (κ2) is 5.22. The smallest absolute Gasteiger partial charge is 0.151 e. The Hall–Kier alpha value is -1.16. The van der Waals surface area contributed by atoms with Crippen molar-refractivity contribution in [3.63, 3.8) is 0 Å². The second-order valence-electron chi connectivity index (χ2n) is 5.63. The van der Waals surface area contributed by atoms with Crippen LogP contribution in [0.3, 0.4) is 0 Å². The summed E-state index contributed by atoms with van der Waals surface area (Å²) >= 11 is 0. The summed E-state index contributed by atoms with van der Waals surface area (Å²) in [6, 6.07) is 4.90. The van der Waals surface area contributed by atoms with Gasteiger partial charge in [0.2, 0.25) is 0 Å². The maximum Gasteiger partial charge on any atom is 0.151 e. The van der Waals surface area contributed by atoms with Crippen LogP contribution in [0.4, 0.5) is 5.82 Å². The number of anilines is 1. The minimum absolute atomic E-state index is 0.712. The third kappa shape index (κ3) is 2.80. The van der Waals surface area contributed by atoms with E-state index in [1.807, 2.05) is 6.92 Å². The molecule has 1 aromatic rings. The Morgan fingerprint density at radius 3 is 2.78 bits per heavy atom. The molecular formula is C14H22N4. The van der Waals surface area contributed by atoms with Crippen LogP contribution in [0.15, 0.2) is 12.1 Å². The predicted molar refractivity (Wildman–Crippen MR) is 72.7 cm³/mol. The van der Waals surface area contributed by atoms with Crippen LogP contribution in [0, 0.1) is 12.8 Å². The standard InChI is InChI=1S/C14H22N4/c1-11-4-7-14(17-16-11)18(13-5-6-13)10-12-3-2-8-15-9-12/h4,7,12-13,15H,2-3,5-6,8-10H2,1H3. The summed E-state index contributed by atoms with van der Waals surface area (Å²) < 4.78 is 0. The van der Waals surface area contributed by atoms with Gasteiger partial charge in [-0.1, -0.05) is 0 Å². The first-order valence-electron chi connectivity index (χ1n) is 7.10. The van der Waals surface area contributed by atoms with Gasteiger partial charge >= 0.3 is 0 Å². The lowest BCUT2D eigenvalue weighted by atomic mass is 9.99. The Morgan fingerprint density at radius 1 is 1.28 bits per heavy atom. The van der Waals surface area contributed by atoms with Crippen molar-refractivity contribution >= 4 is 5.82 Å². The lowest BCUT2D eigenvalue weighted by Crippen LogP contribution is -2.39. The maximum atomic E-state index is 4.36. The van der Waals surface area contributed by atoms with Gasteiger partial charge in [0, 0.05) is 12.6 Å². The minimum atomic E-state index is 0.712. The van der Waals surface area contributed by atoms with Gasteiger partial charge < -0.3 is 10.2 Å². The summed E-state index contributed by atoms with van der Waals surface area (Å²) in [4.78, 5) is 2.48. The molecule has 0 radical (unpaired) electrons. The molecule has 1 aliphatic heterocycles. The topological polar surface area (TPSA) is 41.0 Å². The normalized spacial score (nSPS) is 23.9. The zero-order chi connectivity index (χ0) is 12.4. The van der Waals surface area contributed by atoms with E-state index in [0.717, 1.165) is 30.5 Å². The Bertz CT molecular complexity index is 379. The molecule has 0 bridgehead atoms. The van der Waals surface area contributed by atoms with Crippen LogP contribution >= 0.6 is 0 Å². The zero-order valence-electron chi connectivity index (χ0n) is 11.1. The van der Waals surface area contributed by atoms with Crippen LogP contribution in [0.2, 0.25) is 0 Å². The molecule has 98 valence electrons. The fourth-order valence-corrected chi connectivity index (χ4v) is 2.72. The largest absolute Gasteiger partial charge is 0.352 e. The first-order valence-corrected chi connectivity index (χ1v) is 7.10. The van der Waals surface area contributed by atoms with Crippen LogP contribution in [0.5, 0.6) is 0 Å². The summed E-state index contributed by atoms with van der Waals surface area (Å²) in [5.41, 5.74) is 0.994. The molecular weight excluding hydrogens is 224 g/mol. The summed E-state index contributed by atoms with van der Waals surface area (Å²) in [5.74, 6) is 1.83. The number of aromatic nitrogens is 2. The van der Waals surface area contributed by atoms with Gasteiger partial charge in [0.25, 0.3) is 0 Å². The summed E-state index contributed by atoms with van der Waals surface area (Å²) in [6.45, 7) is 5.46. The van der Waals surface area contributed by atoms with Crippen LogP contribution in [-0.4, -0.2) is 35.9 Å². The fraction of sp³-hybridized carbons (Fsp3) is 0.714. The summed E-state index contributed by atoms with van der Waals surface area (Å²) in [5, 5.41) is 12.1. The van der Waals surface area contributed by atoms with Crippen molar-refractivity contribution < 1.29 is 0 Å². The molecule has 1 saturated heterocycles. The van der Waals surface area contributed by atoms with E-state index in [1.165, 1.54) is 32.2 Å². The number of hydrogen-bond acceptors (Lipinski definition) is 4. The van der Waals surface area contributed by atoms with Gasteiger partial charge in [-0.05, 0) is 63.7 Å². The highest BCUT2D eigenvalue weighted by atomic mass is 15.3. The monoisotopic (exact) mass is 246 g/mol. The van der Waals surface area contributed by atoms with Crippen molar-refractivity contribution in [2.75, 3.05) is 24.5 Å². The first-order chi connectivity index (χ1) is 8.83. The van der Waals surface area contributed by atoms with E-state index >= 15 is 0 Å². The van der Waals surface area contributed by atoms with Crippen LogP contribution in [0.25, 0.3) is 0 Å². The molecule has 4 heteroatoms. The van der Waals surface area contributed by atoms with E-state index in [0.29, 0.717) is 6.04 Å².